The van der Waals surface area contributed by atoms with Gasteiger partial charge in [0.05, 0.1) is 12.2 Å². The predicted octanol–water partition coefficient (Wildman–Crippen LogP) is 5.77. The van der Waals surface area contributed by atoms with Crippen molar-refractivity contribution in [2.24, 2.45) is 5.92 Å². The second-order valence-corrected chi connectivity index (χ2v) is 7.64. The van der Waals surface area contributed by atoms with Crippen molar-refractivity contribution in [2.75, 3.05) is 6.61 Å². The molecule has 0 unspecified atom stereocenters. The van der Waals surface area contributed by atoms with Gasteiger partial charge in [-0.1, -0.05) is 64.2 Å². The van der Waals surface area contributed by atoms with Crippen LogP contribution in [0.1, 0.15) is 82.6 Å². The van der Waals surface area contributed by atoms with Crippen molar-refractivity contribution in [3.63, 3.8) is 0 Å². The number of aliphatic hydroxyl groups excluding tert-OH is 1. The number of aliphatic hydroxyl groups is 1. The summed E-state index contributed by atoms with van der Waals surface area (Å²) in [4.78, 5) is 11.6. The van der Waals surface area contributed by atoms with Gasteiger partial charge >= 0.3 is 5.97 Å². The smallest absolute Gasteiger partial charge is 0.341 e. The number of rotatable bonds is 10. The Labute approximate surface area is 158 Å². The molecule has 1 N–H and O–H groups in total. The van der Waals surface area contributed by atoms with E-state index in [-0.39, 0.29) is 12.2 Å². The quantitative estimate of drug-likeness (QED) is 0.250. The number of ether oxygens (including phenoxy) is 1. The zero-order valence-electron chi connectivity index (χ0n) is 16.2. The number of unbranched alkanes of at least 4 members (excludes halogenated alkanes) is 4. The van der Waals surface area contributed by atoms with Crippen LogP contribution in [0.25, 0.3) is 0 Å². The van der Waals surface area contributed by atoms with Crippen LogP contribution in [0.15, 0.2) is 36.4 Å². The van der Waals surface area contributed by atoms with Crippen molar-refractivity contribution in [2.45, 2.75) is 77.0 Å². The molecule has 144 valence electrons. The molecule has 1 aliphatic rings. The molecule has 3 heteroatoms. The number of hydrogen-bond acceptors (Lipinski definition) is 3. The van der Waals surface area contributed by atoms with Gasteiger partial charge in [-0.2, -0.15) is 0 Å². The Morgan fingerprint density at radius 3 is 2.35 bits per heavy atom. The lowest BCUT2D eigenvalue weighted by atomic mass is 9.77. The van der Waals surface area contributed by atoms with E-state index in [4.69, 9.17) is 9.84 Å². The lowest BCUT2D eigenvalue weighted by molar-refractivity contribution is -0.130. The summed E-state index contributed by atoms with van der Waals surface area (Å²) in [5, 5.41) is 8.91. The Kier molecular flexibility index (Phi) is 8.90. The molecule has 0 aliphatic heterocycles. The Bertz CT molecular complexity index is 553. The van der Waals surface area contributed by atoms with E-state index < -0.39 is 5.97 Å². The molecule has 0 amide bonds. The van der Waals surface area contributed by atoms with Gasteiger partial charge in [-0.05, 0) is 55.2 Å². The summed E-state index contributed by atoms with van der Waals surface area (Å²) in [6, 6.07) is 7.83. The van der Waals surface area contributed by atoms with E-state index in [0.29, 0.717) is 11.7 Å². The van der Waals surface area contributed by atoms with E-state index in [2.05, 4.69) is 25.6 Å². The third-order valence-electron chi connectivity index (χ3n) is 5.60. The maximum Gasteiger partial charge on any atom is 0.341 e. The van der Waals surface area contributed by atoms with Crippen LogP contribution in [-0.4, -0.2) is 17.7 Å². The van der Waals surface area contributed by atoms with Crippen molar-refractivity contribution in [1.82, 2.24) is 0 Å². The van der Waals surface area contributed by atoms with Gasteiger partial charge in [0.25, 0.3) is 0 Å². The minimum atomic E-state index is -0.570. The third kappa shape index (κ3) is 6.60. The Morgan fingerprint density at radius 2 is 1.73 bits per heavy atom. The van der Waals surface area contributed by atoms with Gasteiger partial charge in [0.2, 0.25) is 0 Å². The van der Waals surface area contributed by atoms with Crippen LogP contribution in [0.4, 0.5) is 0 Å². The molecule has 26 heavy (non-hydrogen) atoms. The van der Waals surface area contributed by atoms with Crippen molar-refractivity contribution < 1.29 is 14.6 Å². The van der Waals surface area contributed by atoms with E-state index in [1.165, 1.54) is 69.8 Å². The highest BCUT2D eigenvalue weighted by molar-refractivity contribution is 5.89. The fraction of sp³-hybridized carbons (Fsp3) is 0.609. The minimum Gasteiger partial charge on any atom is -0.423 e. The first-order valence-electron chi connectivity index (χ1n) is 10.2. The highest BCUT2D eigenvalue weighted by atomic mass is 16.5. The van der Waals surface area contributed by atoms with Crippen molar-refractivity contribution in [3.8, 4) is 5.75 Å². The summed E-state index contributed by atoms with van der Waals surface area (Å²) in [7, 11) is 0. The zero-order chi connectivity index (χ0) is 18.8. The molecule has 0 spiro atoms. The number of hydrogen-bond donors (Lipinski definition) is 1. The molecule has 0 radical (unpaired) electrons. The van der Waals surface area contributed by atoms with Crippen LogP contribution in [0.5, 0.6) is 5.75 Å². The fourth-order valence-corrected chi connectivity index (χ4v) is 3.87. The van der Waals surface area contributed by atoms with Gasteiger partial charge in [0.1, 0.15) is 5.75 Å². The largest absolute Gasteiger partial charge is 0.423 e. The molecule has 1 fully saturated rings. The number of carbonyl (C=O) groups excluding carboxylic acids is 1. The highest BCUT2D eigenvalue weighted by Gasteiger charge is 2.22. The molecular weight excluding hydrogens is 324 g/mol. The normalized spacial score (nSPS) is 19.9. The molecular formula is C23H34O3. The molecule has 0 saturated heterocycles. The van der Waals surface area contributed by atoms with Crippen LogP contribution >= 0.6 is 0 Å². The average molecular weight is 359 g/mol. The Balaban J connectivity index is 1.73. The molecule has 3 nitrogen and oxygen atoms in total. The second kappa shape index (κ2) is 11.2. The van der Waals surface area contributed by atoms with Crippen LogP contribution < -0.4 is 4.74 Å². The zero-order valence-corrected chi connectivity index (χ0v) is 16.2. The van der Waals surface area contributed by atoms with Gasteiger partial charge < -0.3 is 9.84 Å². The topological polar surface area (TPSA) is 46.5 Å². The van der Waals surface area contributed by atoms with E-state index in [1.807, 2.05) is 12.1 Å². The summed E-state index contributed by atoms with van der Waals surface area (Å²) in [6.07, 6.45) is 13.5. The Hall–Kier alpha value is -1.61. The van der Waals surface area contributed by atoms with Crippen molar-refractivity contribution in [1.29, 1.82) is 0 Å². The first-order chi connectivity index (χ1) is 12.6. The number of carbonyl (C=O) groups is 1. The second-order valence-electron chi connectivity index (χ2n) is 7.64. The van der Waals surface area contributed by atoms with Crippen molar-refractivity contribution in [3.05, 3.63) is 42.0 Å². The molecule has 1 aromatic carbocycles. The lowest BCUT2D eigenvalue weighted by Crippen LogP contribution is -2.14. The molecule has 0 aromatic heterocycles. The van der Waals surface area contributed by atoms with Gasteiger partial charge in [-0.25, -0.2) is 4.79 Å². The summed E-state index contributed by atoms with van der Waals surface area (Å²) < 4.78 is 5.20. The SMILES string of the molecule is C=C(CO)C(=O)Oc1ccc(C2CCC(CCCCCCC)CC2)cc1. The van der Waals surface area contributed by atoms with Gasteiger partial charge in [0.15, 0.2) is 0 Å². The number of esters is 1. The molecule has 1 aromatic rings. The molecule has 0 bridgehead atoms. The van der Waals surface area contributed by atoms with Gasteiger partial charge in [-0.15, -0.1) is 0 Å². The molecule has 0 atom stereocenters. The van der Waals surface area contributed by atoms with Crippen LogP contribution in [0.3, 0.4) is 0 Å². The summed E-state index contributed by atoms with van der Waals surface area (Å²) in [5.74, 6) is 1.48. The lowest BCUT2D eigenvalue weighted by Gasteiger charge is -2.29. The standard InChI is InChI=1S/C23H34O3/c1-3-4-5-6-7-8-19-9-11-20(12-10-19)21-13-15-22(16-14-21)26-23(25)18(2)17-24/h13-16,19-20,24H,2-12,17H2,1H3. The number of benzene rings is 1. The monoisotopic (exact) mass is 358 g/mol. The van der Waals surface area contributed by atoms with E-state index in [1.54, 1.807) is 0 Å². The van der Waals surface area contributed by atoms with E-state index >= 15 is 0 Å². The fourth-order valence-electron chi connectivity index (χ4n) is 3.87. The van der Waals surface area contributed by atoms with E-state index in [0.717, 1.165) is 5.92 Å². The van der Waals surface area contributed by atoms with Crippen molar-refractivity contribution >= 4 is 5.97 Å². The van der Waals surface area contributed by atoms with Crippen LogP contribution in [-0.2, 0) is 4.79 Å². The molecule has 0 heterocycles. The maximum atomic E-state index is 11.6. The Morgan fingerprint density at radius 1 is 1.08 bits per heavy atom. The third-order valence-corrected chi connectivity index (χ3v) is 5.60. The average Bonchev–Trinajstić information content (AvgIpc) is 2.68. The van der Waals surface area contributed by atoms with E-state index in [9.17, 15) is 4.79 Å². The molecule has 1 saturated carbocycles. The van der Waals surface area contributed by atoms with Crippen LogP contribution in [0, 0.1) is 5.92 Å². The first kappa shape index (κ1) is 20.7. The van der Waals surface area contributed by atoms with Gasteiger partial charge in [-0.3, -0.25) is 0 Å². The minimum absolute atomic E-state index is 0.0714. The highest BCUT2D eigenvalue weighted by Crippen LogP contribution is 2.38. The summed E-state index contributed by atoms with van der Waals surface area (Å²) >= 11 is 0. The summed E-state index contributed by atoms with van der Waals surface area (Å²) in [6.45, 7) is 5.37. The molecule has 1 aliphatic carbocycles. The maximum absolute atomic E-state index is 11.6. The summed E-state index contributed by atoms with van der Waals surface area (Å²) in [5.41, 5.74) is 1.41. The van der Waals surface area contributed by atoms with Crippen LogP contribution in [0.2, 0.25) is 0 Å². The van der Waals surface area contributed by atoms with Gasteiger partial charge in [0, 0.05) is 0 Å². The first-order valence-corrected chi connectivity index (χ1v) is 10.2. The molecule has 2 rings (SSSR count). The predicted molar refractivity (Wildman–Crippen MR) is 106 cm³/mol.